The van der Waals surface area contributed by atoms with Crippen LogP contribution in [0.15, 0.2) is 28.8 Å². The van der Waals surface area contributed by atoms with Gasteiger partial charge in [0.1, 0.15) is 11.5 Å². The molecule has 1 aromatic heterocycles. The number of hydrogen-bond donors (Lipinski definition) is 1. The smallest absolute Gasteiger partial charge is 0.339 e. The van der Waals surface area contributed by atoms with Gasteiger partial charge in [-0.2, -0.15) is 0 Å². The number of benzene rings is 1. The number of esters is 1. The number of hydrogen-bond acceptors (Lipinski definition) is 6. The molecule has 0 bridgehead atoms. The summed E-state index contributed by atoms with van der Waals surface area (Å²) in [6.07, 6.45) is -0.598. The van der Waals surface area contributed by atoms with E-state index in [1.807, 2.05) is 6.92 Å². The monoisotopic (exact) mass is 332 g/mol. The van der Waals surface area contributed by atoms with Gasteiger partial charge in [-0.05, 0) is 38.0 Å². The maximum Gasteiger partial charge on any atom is 0.339 e. The molecule has 2 aromatic rings. The van der Waals surface area contributed by atoms with Crippen LogP contribution in [0.1, 0.15) is 35.0 Å². The zero-order valence-corrected chi connectivity index (χ0v) is 14.1. The van der Waals surface area contributed by atoms with Crippen LogP contribution in [0, 0.1) is 13.8 Å². The number of nitrogens with one attached hydrogen (secondary N) is 1. The average Bonchev–Trinajstić information content (AvgIpc) is 2.97. The fraction of sp³-hybridized carbons (Fsp3) is 0.353. The van der Waals surface area contributed by atoms with Crippen LogP contribution in [0.2, 0.25) is 0 Å². The Bertz CT molecular complexity index is 738. The van der Waals surface area contributed by atoms with E-state index in [-0.39, 0.29) is 5.82 Å². The van der Waals surface area contributed by atoms with Crippen LogP contribution >= 0.6 is 0 Å². The number of methoxy groups -OCH3 is 1. The van der Waals surface area contributed by atoms with E-state index in [9.17, 15) is 9.59 Å². The van der Waals surface area contributed by atoms with Crippen LogP contribution < -0.4 is 10.1 Å². The standard InChI is InChI=1S/C17H20N2O5/c1-5-13(16(20)18-15-8-11(3)24-19-15)23-17(21)12-7-6-10(2)14(9-12)22-4/h6-9,13H,5H2,1-4H3,(H,18,19,20)/t13-/m1/s1. The maximum atomic E-state index is 12.3. The molecule has 1 heterocycles. The molecule has 7 nitrogen and oxygen atoms in total. The lowest BCUT2D eigenvalue weighted by atomic mass is 10.1. The number of ether oxygens (including phenoxy) is 2. The Kier molecular flexibility index (Phi) is 5.57. The molecule has 1 aromatic carbocycles. The fourth-order valence-electron chi connectivity index (χ4n) is 2.10. The van der Waals surface area contributed by atoms with Crippen molar-refractivity contribution in [1.29, 1.82) is 0 Å². The van der Waals surface area contributed by atoms with E-state index in [2.05, 4.69) is 10.5 Å². The summed E-state index contributed by atoms with van der Waals surface area (Å²) in [5.74, 6) is 0.385. The molecule has 0 saturated carbocycles. The van der Waals surface area contributed by atoms with E-state index in [1.165, 1.54) is 7.11 Å². The van der Waals surface area contributed by atoms with Gasteiger partial charge in [0.05, 0.1) is 12.7 Å². The van der Waals surface area contributed by atoms with Crippen LogP contribution in [-0.2, 0) is 9.53 Å². The predicted octanol–water partition coefficient (Wildman–Crippen LogP) is 2.87. The first kappa shape index (κ1) is 17.5. The third kappa shape index (κ3) is 4.13. The molecule has 0 aliphatic heterocycles. The van der Waals surface area contributed by atoms with Crippen LogP contribution in [0.5, 0.6) is 5.75 Å². The highest BCUT2D eigenvalue weighted by Gasteiger charge is 2.23. The van der Waals surface area contributed by atoms with Crippen LogP contribution in [0.3, 0.4) is 0 Å². The number of carbonyl (C=O) groups excluding carboxylic acids is 2. The Balaban J connectivity index is 2.06. The van der Waals surface area contributed by atoms with Crippen molar-refractivity contribution in [3.63, 3.8) is 0 Å². The molecule has 0 fully saturated rings. The van der Waals surface area contributed by atoms with E-state index in [4.69, 9.17) is 14.0 Å². The second-order valence-corrected chi connectivity index (χ2v) is 5.30. The van der Waals surface area contributed by atoms with Gasteiger partial charge in [0.15, 0.2) is 11.9 Å². The predicted molar refractivity (Wildman–Crippen MR) is 87.1 cm³/mol. The second-order valence-electron chi connectivity index (χ2n) is 5.30. The largest absolute Gasteiger partial charge is 0.496 e. The summed E-state index contributed by atoms with van der Waals surface area (Å²) in [7, 11) is 1.53. The summed E-state index contributed by atoms with van der Waals surface area (Å²) in [4.78, 5) is 24.5. The molecule has 0 unspecified atom stereocenters. The Morgan fingerprint density at radius 3 is 2.62 bits per heavy atom. The quantitative estimate of drug-likeness (QED) is 0.818. The van der Waals surface area contributed by atoms with Gasteiger partial charge in [-0.25, -0.2) is 4.79 Å². The summed E-state index contributed by atoms with van der Waals surface area (Å²) in [6.45, 7) is 5.34. The molecule has 2 rings (SSSR count). The van der Waals surface area contributed by atoms with Crippen molar-refractivity contribution < 1.29 is 23.6 Å². The minimum absolute atomic E-state index is 0.281. The van der Waals surface area contributed by atoms with Crippen LogP contribution in [0.25, 0.3) is 0 Å². The number of rotatable bonds is 6. The lowest BCUT2D eigenvalue weighted by molar-refractivity contribution is -0.124. The summed E-state index contributed by atoms with van der Waals surface area (Å²) >= 11 is 0. The van der Waals surface area contributed by atoms with Crippen molar-refractivity contribution in [2.75, 3.05) is 12.4 Å². The number of amides is 1. The van der Waals surface area contributed by atoms with E-state index < -0.39 is 18.0 Å². The third-order valence-electron chi connectivity index (χ3n) is 3.44. The first-order valence-electron chi connectivity index (χ1n) is 7.54. The zero-order valence-electron chi connectivity index (χ0n) is 14.1. The number of nitrogens with zero attached hydrogens (tertiary/aromatic N) is 1. The van der Waals surface area contributed by atoms with Crippen LogP contribution in [-0.4, -0.2) is 30.2 Å². The topological polar surface area (TPSA) is 90.7 Å². The summed E-state index contributed by atoms with van der Waals surface area (Å²) in [5.41, 5.74) is 1.22. The first-order valence-corrected chi connectivity index (χ1v) is 7.54. The van der Waals surface area contributed by atoms with Crippen molar-refractivity contribution in [2.45, 2.75) is 33.3 Å². The number of carbonyl (C=O) groups is 2. The molecule has 0 radical (unpaired) electrons. The van der Waals surface area contributed by atoms with Gasteiger partial charge in [-0.1, -0.05) is 18.1 Å². The number of aromatic nitrogens is 1. The summed E-state index contributed by atoms with van der Waals surface area (Å²) in [6, 6.07) is 6.56. The lowest BCUT2D eigenvalue weighted by Crippen LogP contribution is -2.32. The lowest BCUT2D eigenvalue weighted by Gasteiger charge is -2.15. The molecule has 1 amide bonds. The molecular formula is C17H20N2O5. The third-order valence-corrected chi connectivity index (χ3v) is 3.44. The molecule has 1 atom stereocenters. The highest BCUT2D eigenvalue weighted by Crippen LogP contribution is 2.20. The van der Waals surface area contributed by atoms with Crippen molar-refractivity contribution >= 4 is 17.7 Å². The summed E-state index contributed by atoms with van der Waals surface area (Å²) < 4.78 is 15.4. The Morgan fingerprint density at radius 1 is 1.29 bits per heavy atom. The van der Waals surface area contributed by atoms with Gasteiger partial charge in [-0.3, -0.25) is 4.79 Å². The Morgan fingerprint density at radius 2 is 2.04 bits per heavy atom. The summed E-state index contributed by atoms with van der Waals surface area (Å²) in [5, 5.41) is 6.23. The molecule has 0 saturated heterocycles. The molecule has 128 valence electrons. The molecule has 7 heteroatoms. The minimum Gasteiger partial charge on any atom is -0.496 e. The molecule has 0 aliphatic carbocycles. The minimum atomic E-state index is -0.929. The Labute approximate surface area is 139 Å². The highest BCUT2D eigenvalue weighted by atomic mass is 16.5. The normalized spacial score (nSPS) is 11.7. The van der Waals surface area contributed by atoms with Gasteiger partial charge >= 0.3 is 5.97 Å². The molecule has 24 heavy (non-hydrogen) atoms. The fourth-order valence-corrected chi connectivity index (χ4v) is 2.10. The van der Waals surface area contributed by atoms with Crippen molar-refractivity contribution in [3.05, 3.63) is 41.2 Å². The van der Waals surface area contributed by atoms with Crippen molar-refractivity contribution in [3.8, 4) is 5.75 Å². The van der Waals surface area contributed by atoms with E-state index in [1.54, 1.807) is 38.1 Å². The van der Waals surface area contributed by atoms with E-state index in [0.29, 0.717) is 23.5 Å². The van der Waals surface area contributed by atoms with Crippen molar-refractivity contribution in [1.82, 2.24) is 5.16 Å². The molecule has 0 spiro atoms. The molecular weight excluding hydrogens is 312 g/mol. The van der Waals surface area contributed by atoms with E-state index in [0.717, 1.165) is 5.56 Å². The van der Waals surface area contributed by atoms with Crippen molar-refractivity contribution in [2.24, 2.45) is 0 Å². The average molecular weight is 332 g/mol. The van der Waals surface area contributed by atoms with Gasteiger partial charge in [0, 0.05) is 6.07 Å². The SMILES string of the molecule is CC[C@@H](OC(=O)c1ccc(C)c(OC)c1)C(=O)Nc1cc(C)on1. The number of aryl methyl sites for hydroxylation is 2. The van der Waals surface area contributed by atoms with Gasteiger partial charge in [0.2, 0.25) is 0 Å². The molecule has 1 N–H and O–H groups in total. The molecule has 0 aliphatic rings. The van der Waals surface area contributed by atoms with Gasteiger partial charge in [0.25, 0.3) is 5.91 Å². The van der Waals surface area contributed by atoms with Crippen LogP contribution in [0.4, 0.5) is 5.82 Å². The van der Waals surface area contributed by atoms with E-state index >= 15 is 0 Å². The first-order chi connectivity index (χ1) is 11.4. The number of anilines is 1. The van der Waals surface area contributed by atoms with Gasteiger partial charge < -0.3 is 19.3 Å². The zero-order chi connectivity index (χ0) is 17.7. The second kappa shape index (κ2) is 7.63. The van der Waals surface area contributed by atoms with Gasteiger partial charge in [-0.15, -0.1) is 0 Å². The highest BCUT2D eigenvalue weighted by molar-refractivity contribution is 5.97. The maximum absolute atomic E-state index is 12.3. The Hall–Kier alpha value is -2.83.